The van der Waals surface area contributed by atoms with Crippen LogP contribution in [0.4, 0.5) is 0 Å². The van der Waals surface area contributed by atoms with Gasteiger partial charge in [-0.25, -0.2) is 0 Å². The molecule has 2 heterocycles. The summed E-state index contributed by atoms with van der Waals surface area (Å²) < 4.78 is 5.62. The first-order valence-corrected chi connectivity index (χ1v) is 8.54. The first-order valence-electron chi connectivity index (χ1n) is 7.66. The van der Waals surface area contributed by atoms with Gasteiger partial charge in [-0.15, -0.1) is 11.3 Å². The average molecular weight is 332 g/mol. The lowest BCUT2D eigenvalue weighted by Crippen LogP contribution is -2.40. The summed E-state index contributed by atoms with van der Waals surface area (Å²) in [4.78, 5) is 24.8. The van der Waals surface area contributed by atoms with Crippen molar-refractivity contribution in [2.45, 2.75) is 25.7 Å². The minimum Gasteiger partial charge on any atom is -0.493 e. The molecule has 1 aliphatic heterocycles. The van der Waals surface area contributed by atoms with Gasteiger partial charge in [-0.05, 0) is 48.8 Å². The van der Waals surface area contributed by atoms with Crippen molar-refractivity contribution < 1.29 is 14.3 Å². The molecule has 5 nitrogen and oxygen atoms in total. The van der Waals surface area contributed by atoms with Crippen molar-refractivity contribution in [3.05, 3.63) is 45.9 Å². The Labute approximate surface area is 139 Å². The highest BCUT2D eigenvalue weighted by molar-refractivity contribution is 7.09. The Bertz CT molecular complexity index is 678. The van der Waals surface area contributed by atoms with E-state index in [9.17, 15) is 9.59 Å². The van der Waals surface area contributed by atoms with E-state index in [4.69, 9.17) is 16.2 Å². The number of aryl methyl sites for hydroxylation is 1. The molecule has 0 radical (unpaired) electrons. The van der Waals surface area contributed by atoms with Gasteiger partial charge in [0.25, 0.3) is 0 Å². The Balaban J connectivity index is 1.78. The molecule has 1 aliphatic carbocycles. The van der Waals surface area contributed by atoms with E-state index in [1.165, 1.54) is 4.88 Å². The zero-order chi connectivity index (χ0) is 16.4. The molecule has 2 amide bonds. The summed E-state index contributed by atoms with van der Waals surface area (Å²) in [7, 11) is 0. The molecule has 0 bridgehead atoms. The fourth-order valence-electron chi connectivity index (χ4n) is 3.20. The van der Waals surface area contributed by atoms with Gasteiger partial charge in [-0.1, -0.05) is 12.1 Å². The summed E-state index contributed by atoms with van der Waals surface area (Å²) in [6, 6.07) is 4.06. The van der Waals surface area contributed by atoms with Crippen LogP contribution in [0.15, 0.2) is 41.0 Å². The van der Waals surface area contributed by atoms with Gasteiger partial charge in [0.1, 0.15) is 12.4 Å². The molecule has 1 aromatic rings. The van der Waals surface area contributed by atoms with Crippen molar-refractivity contribution in [2.75, 3.05) is 6.61 Å². The molecule has 122 valence electrons. The topological polar surface area (TPSA) is 95.4 Å². The lowest BCUT2D eigenvalue weighted by atomic mass is 9.72. The molecule has 4 N–H and O–H groups in total. The fourth-order valence-corrected chi connectivity index (χ4v) is 3.91. The van der Waals surface area contributed by atoms with Crippen molar-refractivity contribution in [3.8, 4) is 0 Å². The Morgan fingerprint density at radius 2 is 2.22 bits per heavy atom. The largest absolute Gasteiger partial charge is 0.493 e. The van der Waals surface area contributed by atoms with E-state index in [2.05, 4.69) is 6.07 Å². The first kappa shape index (κ1) is 15.8. The molecule has 0 saturated carbocycles. The maximum absolute atomic E-state index is 12.1. The van der Waals surface area contributed by atoms with Crippen LogP contribution < -0.4 is 11.5 Å². The van der Waals surface area contributed by atoms with Crippen molar-refractivity contribution in [3.63, 3.8) is 0 Å². The highest BCUT2D eigenvalue weighted by Gasteiger charge is 2.40. The van der Waals surface area contributed by atoms with E-state index in [1.807, 2.05) is 23.6 Å². The number of hydrogen-bond acceptors (Lipinski definition) is 4. The molecule has 0 aromatic carbocycles. The molecule has 3 rings (SSSR count). The Morgan fingerprint density at radius 1 is 1.39 bits per heavy atom. The zero-order valence-corrected chi connectivity index (χ0v) is 13.6. The number of carbonyl (C=O) groups is 2. The van der Waals surface area contributed by atoms with Crippen LogP contribution in [0, 0.1) is 11.3 Å². The monoisotopic (exact) mass is 332 g/mol. The summed E-state index contributed by atoms with van der Waals surface area (Å²) in [6.07, 6.45) is 6.19. The van der Waals surface area contributed by atoms with E-state index in [0.717, 1.165) is 17.8 Å². The molecule has 6 heteroatoms. The van der Waals surface area contributed by atoms with Gasteiger partial charge < -0.3 is 16.2 Å². The van der Waals surface area contributed by atoms with Gasteiger partial charge in [-0.3, -0.25) is 9.59 Å². The maximum atomic E-state index is 12.1. The van der Waals surface area contributed by atoms with Crippen molar-refractivity contribution in [1.82, 2.24) is 0 Å². The SMILES string of the molecule is NC(=O)C1COC2=C(C1)CC(CCc1cccs1)(C(N)=O)C=C2. The second kappa shape index (κ2) is 6.20. The van der Waals surface area contributed by atoms with E-state index in [-0.39, 0.29) is 17.7 Å². The van der Waals surface area contributed by atoms with Crippen molar-refractivity contribution in [2.24, 2.45) is 22.8 Å². The molecule has 0 fully saturated rings. The van der Waals surface area contributed by atoms with Gasteiger partial charge in [-0.2, -0.15) is 0 Å². The number of carbonyl (C=O) groups excluding carboxylic acids is 2. The van der Waals surface area contributed by atoms with Crippen LogP contribution in [0.5, 0.6) is 0 Å². The van der Waals surface area contributed by atoms with E-state index in [0.29, 0.717) is 25.9 Å². The number of primary amides is 2. The van der Waals surface area contributed by atoms with Crippen LogP contribution in [0.3, 0.4) is 0 Å². The predicted molar refractivity (Wildman–Crippen MR) is 88.3 cm³/mol. The molecular formula is C17H20N2O3S. The van der Waals surface area contributed by atoms with Crippen LogP contribution >= 0.6 is 11.3 Å². The number of thiophene rings is 1. The lowest BCUT2D eigenvalue weighted by molar-refractivity contribution is -0.125. The number of hydrogen-bond donors (Lipinski definition) is 2. The summed E-state index contributed by atoms with van der Waals surface area (Å²) in [5.41, 5.74) is 11.4. The third kappa shape index (κ3) is 3.17. The molecule has 1 aromatic heterocycles. The summed E-state index contributed by atoms with van der Waals surface area (Å²) in [5, 5.41) is 2.02. The third-order valence-electron chi connectivity index (χ3n) is 4.65. The van der Waals surface area contributed by atoms with E-state index in [1.54, 1.807) is 11.3 Å². The van der Waals surface area contributed by atoms with Gasteiger partial charge in [0, 0.05) is 4.88 Å². The second-order valence-corrected chi connectivity index (χ2v) is 7.22. The fraction of sp³-hybridized carbons (Fsp3) is 0.412. The van der Waals surface area contributed by atoms with Crippen LogP contribution in [0.1, 0.15) is 24.1 Å². The molecule has 2 atom stereocenters. The summed E-state index contributed by atoms with van der Waals surface area (Å²) in [5.74, 6) is -0.272. The maximum Gasteiger partial charge on any atom is 0.227 e. The standard InChI is InChI=1S/C17H20N2O3S/c18-15(20)12-8-11-9-17(16(19)21,6-4-14(11)22-10-12)5-3-13-2-1-7-23-13/h1-2,4,6-7,12H,3,5,8-10H2,(H2,18,20)(H2,19,21). The molecule has 2 unspecified atom stereocenters. The lowest BCUT2D eigenvalue weighted by Gasteiger charge is -2.35. The van der Waals surface area contributed by atoms with Gasteiger partial charge in [0.2, 0.25) is 11.8 Å². The highest BCUT2D eigenvalue weighted by atomic mass is 32.1. The average Bonchev–Trinajstić information content (AvgIpc) is 3.05. The van der Waals surface area contributed by atoms with Gasteiger partial charge in [0.15, 0.2) is 0 Å². The molecular weight excluding hydrogens is 312 g/mol. The third-order valence-corrected chi connectivity index (χ3v) is 5.59. The van der Waals surface area contributed by atoms with Crippen molar-refractivity contribution in [1.29, 1.82) is 0 Å². The summed E-state index contributed by atoms with van der Waals surface area (Å²) >= 11 is 1.67. The molecule has 23 heavy (non-hydrogen) atoms. The minimum atomic E-state index is -0.717. The smallest absolute Gasteiger partial charge is 0.227 e. The van der Waals surface area contributed by atoms with Crippen LogP contribution in [0.2, 0.25) is 0 Å². The Hall–Kier alpha value is -2.08. The van der Waals surface area contributed by atoms with E-state index >= 15 is 0 Å². The zero-order valence-electron chi connectivity index (χ0n) is 12.8. The number of allylic oxidation sites excluding steroid dienone is 2. The quantitative estimate of drug-likeness (QED) is 0.862. The van der Waals surface area contributed by atoms with E-state index < -0.39 is 5.41 Å². The minimum absolute atomic E-state index is 0.303. The van der Waals surface area contributed by atoms with Crippen LogP contribution in [-0.4, -0.2) is 18.4 Å². The second-order valence-electron chi connectivity index (χ2n) is 6.19. The number of ether oxygens (including phenoxy) is 1. The number of nitrogens with two attached hydrogens (primary N) is 2. The molecule has 0 spiro atoms. The number of rotatable bonds is 5. The highest BCUT2D eigenvalue weighted by Crippen LogP contribution is 2.42. The first-order chi connectivity index (χ1) is 11.0. The van der Waals surface area contributed by atoms with Gasteiger partial charge >= 0.3 is 0 Å². The molecule has 0 saturated heterocycles. The van der Waals surface area contributed by atoms with Gasteiger partial charge in [0.05, 0.1) is 11.3 Å². The molecule has 2 aliphatic rings. The Kier molecular flexibility index (Phi) is 4.26. The Morgan fingerprint density at radius 3 is 2.87 bits per heavy atom. The summed E-state index contributed by atoms with van der Waals surface area (Å²) in [6.45, 7) is 0.303. The van der Waals surface area contributed by atoms with Crippen LogP contribution in [0.25, 0.3) is 0 Å². The predicted octanol–water partition coefficient (Wildman–Crippen LogP) is 1.89. The number of amides is 2. The van der Waals surface area contributed by atoms with Crippen LogP contribution in [-0.2, 0) is 20.7 Å². The normalized spacial score (nSPS) is 26.5. The van der Waals surface area contributed by atoms with Crippen molar-refractivity contribution >= 4 is 23.2 Å².